The zero-order valence-corrected chi connectivity index (χ0v) is 21.5. The summed E-state index contributed by atoms with van der Waals surface area (Å²) < 4.78 is 51.0. The molecule has 0 aliphatic heterocycles. The summed E-state index contributed by atoms with van der Waals surface area (Å²) in [4.78, 5) is 29.8. The van der Waals surface area contributed by atoms with Crippen LogP contribution in [0, 0.1) is 0 Å². The van der Waals surface area contributed by atoms with Crippen LogP contribution >= 0.6 is 0 Å². The molecule has 0 spiro atoms. The number of hydroxylamine groups is 2. The lowest BCUT2D eigenvalue weighted by molar-refractivity contribution is -0.257. The number of hydrogen-bond donors (Lipinski definition) is 2. The van der Waals surface area contributed by atoms with Gasteiger partial charge in [0, 0.05) is 0 Å². The Balaban J connectivity index is 1.82. The number of benzene rings is 3. The maximum Gasteiger partial charge on any atom is 0.493 e. The van der Waals surface area contributed by atoms with E-state index < -0.39 is 29.6 Å². The molecule has 1 amide bonds. The Morgan fingerprint density at radius 1 is 0.974 bits per heavy atom. The molecule has 8 nitrogen and oxygen atoms in total. The summed E-state index contributed by atoms with van der Waals surface area (Å²) in [5, 5.41) is 2.22. The highest BCUT2D eigenvalue weighted by molar-refractivity contribution is 5.85. The van der Waals surface area contributed by atoms with Gasteiger partial charge in [-0.25, -0.2) is 4.79 Å². The van der Waals surface area contributed by atoms with E-state index in [1.165, 1.54) is 6.92 Å². The van der Waals surface area contributed by atoms with Crippen LogP contribution in [-0.4, -0.2) is 54.5 Å². The fourth-order valence-corrected chi connectivity index (χ4v) is 3.87. The molecule has 0 heterocycles. The molecule has 0 aliphatic carbocycles. The monoisotopic (exact) mass is 547 g/mol. The Morgan fingerprint density at radius 3 is 2.31 bits per heavy atom. The van der Waals surface area contributed by atoms with Crippen LogP contribution in [0.25, 0.3) is 10.8 Å². The van der Waals surface area contributed by atoms with E-state index in [4.69, 9.17) is 20.9 Å². The summed E-state index contributed by atoms with van der Waals surface area (Å²) in [6, 6.07) is 20.5. The third kappa shape index (κ3) is 8.41. The zero-order chi connectivity index (χ0) is 28.5. The minimum Gasteiger partial charge on any atom is -0.491 e. The molecule has 0 radical (unpaired) electrons. The van der Waals surface area contributed by atoms with Gasteiger partial charge in [0.05, 0.1) is 13.2 Å². The molecular formula is C28H32F3N3O5. The molecule has 0 aromatic heterocycles. The molecule has 0 saturated heterocycles. The normalized spacial score (nSPS) is 13.9. The number of alkyl halides is 3. The van der Waals surface area contributed by atoms with Crippen molar-refractivity contribution in [1.29, 1.82) is 0 Å². The predicted molar refractivity (Wildman–Crippen MR) is 139 cm³/mol. The second-order valence-electron chi connectivity index (χ2n) is 9.30. The van der Waals surface area contributed by atoms with Gasteiger partial charge in [-0.1, -0.05) is 60.7 Å². The third-order valence-electron chi connectivity index (χ3n) is 6.01. The predicted octanol–water partition coefficient (Wildman–Crippen LogP) is 4.11. The van der Waals surface area contributed by atoms with Gasteiger partial charge >= 0.3 is 12.1 Å². The van der Waals surface area contributed by atoms with E-state index in [0.717, 1.165) is 16.3 Å². The third-order valence-corrected chi connectivity index (χ3v) is 6.01. The van der Waals surface area contributed by atoms with Crippen molar-refractivity contribution in [2.45, 2.75) is 44.1 Å². The number of rotatable bonds is 12. The van der Waals surface area contributed by atoms with Gasteiger partial charge < -0.3 is 25.8 Å². The van der Waals surface area contributed by atoms with E-state index in [9.17, 15) is 22.8 Å². The molecule has 0 unspecified atom stereocenters. The van der Waals surface area contributed by atoms with Crippen molar-refractivity contribution < 1.29 is 37.1 Å². The van der Waals surface area contributed by atoms with E-state index in [0.29, 0.717) is 17.2 Å². The highest BCUT2D eigenvalue weighted by atomic mass is 19.4. The highest BCUT2D eigenvalue weighted by Gasteiger charge is 2.48. The summed E-state index contributed by atoms with van der Waals surface area (Å²) in [6.45, 7) is 1.11. The zero-order valence-electron chi connectivity index (χ0n) is 21.5. The van der Waals surface area contributed by atoms with Crippen LogP contribution in [0.5, 0.6) is 5.75 Å². The average Bonchev–Trinajstić information content (AvgIpc) is 2.93. The first-order valence-corrected chi connectivity index (χ1v) is 12.4. The van der Waals surface area contributed by atoms with E-state index in [-0.39, 0.29) is 32.8 Å². The molecule has 4 N–H and O–H groups in total. The number of hydrogen-bond acceptors (Lipinski definition) is 7. The molecule has 0 bridgehead atoms. The largest absolute Gasteiger partial charge is 0.493 e. The Labute approximate surface area is 224 Å². The first-order valence-electron chi connectivity index (χ1n) is 12.4. The van der Waals surface area contributed by atoms with Gasteiger partial charge in [0.2, 0.25) is 0 Å². The van der Waals surface area contributed by atoms with Crippen LogP contribution in [0.4, 0.5) is 13.2 Å². The van der Waals surface area contributed by atoms with E-state index in [2.05, 4.69) is 4.84 Å². The average molecular weight is 548 g/mol. The van der Waals surface area contributed by atoms with Crippen LogP contribution in [0.2, 0.25) is 0 Å². The molecule has 0 fully saturated rings. The molecular weight excluding hydrogens is 515 g/mol. The molecule has 3 rings (SSSR count). The first-order chi connectivity index (χ1) is 18.5. The van der Waals surface area contributed by atoms with Crippen LogP contribution in [0.3, 0.4) is 0 Å². The fourth-order valence-electron chi connectivity index (χ4n) is 3.87. The Morgan fingerprint density at radius 2 is 1.64 bits per heavy atom. The number of nitrogens with zero attached hydrogens (tertiary/aromatic N) is 1. The summed E-state index contributed by atoms with van der Waals surface area (Å²) in [6.07, 6.45) is -4.99. The number of nitrogens with two attached hydrogens (primary N) is 2. The van der Waals surface area contributed by atoms with Crippen molar-refractivity contribution in [3.63, 3.8) is 0 Å². The smallest absolute Gasteiger partial charge is 0.491 e. The molecule has 0 aliphatic rings. The summed E-state index contributed by atoms with van der Waals surface area (Å²) in [7, 11) is 0. The van der Waals surface area contributed by atoms with Crippen LogP contribution in [-0.2, 0) is 25.8 Å². The fraction of sp³-hybridized carbons (Fsp3) is 0.357. The van der Waals surface area contributed by atoms with Crippen LogP contribution in [0.15, 0.2) is 72.8 Å². The Bertz CT molecular complexity index is 1240. The maximum atomic E-state index is 13.3. The van der Waals surface area contributed by atoms with Gasteiger partial charge in [0.25, 0.3) is 5.91 Å². The molecule has 11 heteroatoms. The molecule has 2 atom stereocenters. The molecule has 39 heavy (non-hydrogen) atoms. The SMILES string of the molecule is C[C@](CCCN)(COc1ccc2ccccc2c1)N(OC(=O)C(F)(F)F)C(=O)[C@@H](N)COCc1ccccc1. The first kappa shape index (κ1) is 29.9. The van der Waals surface area contributed by atoms with Gasteiger partial charge in [0.1, 0.15) is 23.9 Å². The van der Waals surface area contributed by atoms with Crippen molar-refractivity contribution in [3.8, 4) is 5.75 Å². The van der Waals surface area contributed by atoms with E-state index in [1.54, 1.807) is 36.4 Å². The van der Waals surface area contributed by atoms with Gasteiger partial charge in [-0.05, 0) is 54.8 Å². The van der Waals surface area contributed by atoms with Crippen molar-refractivity contribution in [2.75, 3.05) is 19.8 Å². The standard InChI is InChI=1S/C28H32F3N3O5/c1-27(14-7-15-32,19-38-23-13-12-21-10-5-6-11-22(21)16-23)34(39-26(36)28(29,30)31)25(35)24(33)18-37-17-20-8-3-2-4-9-20/h2-6,8-13,16,24H,7,14-15,17-19,32-33H2,1H3/t24-,27-/m0/s1. The lowest BCUT2D eigenvalue weighted by atomic mass is 9.95. The number of fused-ring (bicyclic) bond motifs is 1. The van der Waals surface area contributed by atoms with Crippen LogP contribution < -0.4 is 16.2 Å². The van der Waals surface area contributed by atoms with Gasteiger partial charge in [-0.2, -0.15) is 18.2 Å². The summed E-state index contributed by atoms with van der Waals surface area (Å²) >= 11 is 0. The second kappa shape index (κ2) is 13.4. The number of amides is 1. The lowest BCUT2D eigenvalue weighted by Gasteiger charge is -2.40. The van der Waals surface area contributed by atoms with E-state index in [1.807, 2.05) is 36.4 Å². The topological polar surface area (TPSA) is 117 Å². The molecule has 3 aromatic rings. The van der Waals surface area contributed by atoms with Crippen molar-refractivity contribution in [3.05, 3.63) is 78.4 Å². The lowest BCUT2D eigenvalue weighted by Crippen LogP contribution is -2.60. The minimum atomic E-state index is -5.35. The molecule has 210 valence electrons. The summed E-state index contributed by atoms with van der Waals surface area (Å²) in [5.74, 6) is -3.21. The van der Waals surface area contributed by atoms with Crippen molar-refractivity contribution >= 4 is 22.6 Å². The number of halogens is 3. The number of ether oxygens (including phenoxy) is 2. The number of carbonyl (C=O) groups excluding carboxylic acids is 2. The quantitative estimate of drug-likeness (QED) is 0.328. The van der Waals surface area contributed by atoms with Gasteiger partial charge in [-0.3, -0.25) is 4.79 Å². The van der Waals surface area contributed by atoms with Gasteiger partial charge in [-0.15, -0.1) is 0 Å². The maximum absolute atomic E-state index is 13.3. The summed E-state index contributed by atoms with van der Waals surface area (Å²) in [5.41, 5.74) is 10.9. The molecule has 0 saturated carbocycles. The number of carbonyl (C=O) groups is 2. The highest BCUT2D eigenvalue weighted by Crippen LogP contribution is 2.28. The van der Waals surface area contributed by atoms with Gasteiger partial charge in [0.15, 0.2) is 0 Å². The van der Waals surface area contributed by atoms with E-state index >= 15 is 0 Å². The second-order valence-corrected chi connectivity index (χ2v) is 9.30. The van der Waals surface area contributed by atoms with Crippen LogP contribution in [0.1, 0.15) is 25.3 Å². The minimum absolute atomic E-state index is 0.0611. The Hall–Kier alpha value is -3.67. The molecule has 3 aromatic carbocycles. The van der Waals surface area contributed by atoms with Crippen molar-refractivity contribution in [2.24, 2.45) is 11.5 Å². The van der Waals surface area contributed by atoms with Crippen molar-refractivity contribution in [1.82, 2.24) is 5.06 Å². The Kier molecular flexibility index (Phi) is 10.3.